The molecule has 1 aliphatic heterocycles. The maximum absolute atomic E-state index is 12.1. The van der Waals surface area contributed by atoms with Gasteiger partial charge in [-0.15, -0.1) is 0 Å². The number of ether oxygens (including phenoxy) is 4. The number of carbonyl (C=O) groups excluding carboxylic acids is 2. The van der Waals surface area contributed by atoms with Crippen molar-refractivity contribution in [3.63, 3.8) is 0 Å². The van der Waals surface area contributed by atoms with Crippen LogP contribution in [0.5, 0.6) is 11.5 Å². The highest BCUT2D eigenvalue weighted by molar-refractivity contribution is 5.96. The van der Waals surface area contributed by atoms with Crippen molar-refractivity contribution in [3.8, 4) is 11.5 Å². The fourth-order valence-corrected chi connectivity index (χ4v) is 2.42. The van der Waals surface area contributed by atoms with E-state index in [0.717, 1.165) is 13.2 Å². The molecule has 0 radical (unpaired) electrons. The Morgan fingerprint density at radius 1 is 1.07 bits per heavy atom. The van der Waals surface area contributed by atoms with Crippen molar-refractivity contribution in [1.82, 2.24) is 5.32 Å². The Labute approximate surface area is 167 Å². The lowest BCUT2D eigenvalue weighted by Crippen LogP contribution is -2.33. The molecule has 1 aliphatic rings. The number of benzene rings is 1. The van der Waals surface area contributed by atoms with Crippen LogP contribution >= 0.6 is 0 Å². The first kappa shape index (κ1) is 23.8. The number of alkyl carbamates (subject to hydrolysis) is 1. The summed E-state index contributed by atoms with van der Waals surface area (Å²) >= 11 is 0. The number of methoxy groups -OCH3 is 2. The first-order valence-corrected chi connectivity index (χ1v) is 9.56. The van der Waals surface area contributed by atoms with Crippen LogP contribution in [0.4, 0.5) is 4.79 Å². The van der Waals surface area contributed by atoms with Crippen LogP contribution in [0, 0.1) is 0 Å². The van der Waals surface area contributed by atoms with Gasteiger partial charge in [0.15, 0.2) is 17.3 Å². The Morgan fingerprint density at radius 2 is 1.71 bits per heavy atom. The van der Waals surface area contributed by atoms with Crippen molar-refractivity contribution < 1.29 is 28.5 Å². The van der Waals surface area contributed by atoms with Gasteiger partial charge in [0.2, 0.25) is 0 Å². The fourth-order valence-electron chi connectivity index (χ4n) is 2.42. The van der Waals surface area contributed by atoms with Crippen molar-refractivity contribution in [2.24, 2.45) is 0 Å². The monoisotopic (exact) mass is 395 g/mol. The van der Waals surface area contributed by atoms with Crippen molar-refractivity contribution in [2.75, 3.05) is 34.0 Å². The molecule has 0 saturated carbocycles. The van der Waals surface area contributed by atoms with Gasteiger partial charge in [-0.2, -0.15) is 0 Å². The van der Waals surface area contributed by atoms with Gasteiger partial charge in [0.25, 0.3) is 0 Å². The molecule has 1 aromatic carbocycles. The van der Waals surface area contributed by atoms with Gasteiger partial charge < -0.3 is 24.3 Å². The third-order valence-electron chi connectivity index (χ3n) is 3.78. The summed E-state index contributed by atoms with van der Waals surface area (Å²) in [6.45, 7) is 7.78. The van der Waals surface area contributed by atoms with Gasteiger partial charge in [-0.05, 0) is 58.2 Å². The standard InChI is InChI=1S/C17H25NO5.C4H8O/c1-17(2,3)23-16(20)18-10-6-7-13(19)12-8-9-14(21-4)15(11-12)22-5;1-2-4-5-3-1/h8-9,11H,6-7,10H2,1-5H3,(H,18,20);1-4H2. The molecule has 2 rings (SSSR count). The fraction of sp³-hybridized carbons (Fsp3) is 0.619. The minimum Gasteiger partial charge on any atom is -0.493 e. The molecule has 0 bridgehead atoms. The van der Waals surface area contributed by atoms with Crippen molar-refractivity contribution in [1.29, 1.82) is 0 Å². The molecule has 0 atom stereocenters. The first-order chi connectivity index (χ1) is 13.3. The van der Waals surface area contributed by atoms with Gasteiger partial charge in [-0.25, -0.2) is 4.79 Å². The zero-order valence-electron chi connectivity index (χ0n) is 17.6. The molecule has 1 fully saturated rings. The third kappa shape index (κ3) is 9.60. The largest absolute Gasteiger partial charge is 0.493 e. The van der Waals surface area contributed by atoms with E-state index in [1.807, 2.05) is 0 Å². The van der Waals surface area contributed by atoms with Crippen LogP contribution in [0.25, 0.3) is 0 Å². The average Bonchev–Trinajstić information content (AvgIpc) is 3.23. The smallest absolute Gasteiger partial charge is 0.407 e. The summed E-state index contributed by atoms with van der Waals surface area (Å²) in [6.07, 6.45) is 2.94. The van der Waals surface area contributed by atoms with Crippen molar-refractivity contribution >= 4 is 11.9 Å². The van der Waals surface area contributed by atoms with E-state index >= 15 is 0 Å². The minimum absolute atomic E-state index is 0.0167. The lowest BCUT2D eigenvalue weighted by molar-refractivity contribution is 0.0525. The Bertz CT molecular complexity index is 612. The lowest BCUT2D eigenvalue weighted by atomic mass is 10.1. The zero-order valence-corrected chi connectivity index (χ0v) is 17.6. The number of ketones is 1. The molecule has 1 heterocycles. The number of Topliss-reactive ketones (excluding diaryl/α,β-unsaturated/α-hetero) is 1. The summed E-state index contributed by atoms with van der Waals surface area (Å²) in [5.41, 5.74) is 0.0273. The normalized spacial score (nSPS) is 13.2. The summed E-state index contributed by atoms with van der Waals surface area (Å²) in [6, 6.07) is 5.05. The molecule has 7 heteroatoms. The van der Waals surface area contributed by atoms with Crippen LogP contribution in [-0.4, -0.2) is 51.5 Å². The Kier molecular flexibility index (Phi) is 10.4. The maximum atomic E-state index is 12.1. The van der Waals surface area contributed by atoms with E-state index in [2.05, 4.69) is 5.32 Å². The van der Waals surface area contributed by atoms with Gasteiger partial charge >= 0.3 is 6.09 Å². The zero-order chi connectivity index (χ0) is 21.0. The van der Waals surface area contributed by atoms with Crippen molar-refractivity contribution in [2.45, 2.75) is 52.1 Å². The first-order valence-electron chi connectivity index (χ1n) is 9.56. The van der Waals surface area contributed by atoms with Crippen molar-refractivity contribution in [3.05, 3.63) is 23.8 Å². The van der Waals surface area contributed by atoms with E-state index in [1.165, 1.54) is 20.0 Å². The Morgan fingerprint density at radius 3 is 2.21 bits per heavy atom. The molecule has 28 heavy (non-hydrogen) atoms. The SMILES string of the molecule is C1CCOC1.COc1ccc(C(=O)CCCNC(=O)OC(C)(C)C)cc1OC. The van der Waals surface area contributed by atoms with E-state index in [4.69, 9.17) is 18.9 Å². The maximum Gasteiger partial charge on any atom is 0.407 e. The number of carbonyl (C=O) groups is 2. The number of hydrogen-bond donors (Lipinski definition) is 1. The molecule has 158 valence electrons. The molecule has 1 aromatic rings. The molecule has 0 aromatic heterocycles. The topological polar surface area (TPSA) is 83.1 Å². The number of hydrogen-bond acceptors (Lipinski definition) is 6. The molecule has 0 unspecified atom stereocenters. The highest BCUT2D eigenvalue weighted by Gasteiger charge is 2.16. The van der Waals surface area contributed by atoms with Gasteiger partial charge in [-0.3, -0.25) is 4.79 Å². The van der Waals surface area contributed by atoms with Crippen LogP contribution in [0.2, 0.25) is 0 Å². The summed E-state index contributed by atoms with van der Waals surface area (Å²) in [5.74, 6) is 1.08. The quantitative estimate of drug-likeness (QED) is 0.555. The highest BCUT2D eigenvalue weighted by Crippen LogP contribution is 2.28. The highest BCUT2D eigenvalue weighted by atomic mass is 16.6. The minimum atomic E-state index is -0.528. The summed E-state index contributed by atoms with van der Waals surface area (Å²) in [7, 11) is 3.07. The van der Waals surface area contributed by atoms with Crippen LogP contribution < -0.4 is 14.8 Å². The van der Waals surface area contributed by atoms with E-state index in [0.29, 0.717) is 36.4 Å². The molecule has 1 N–H and O–H groups in total. The molecule has 0 aliphatic carbocycles. The van der Waals surface area contributed by atoms with Crippen LogP contribution in [0.15, 0.2) is 18.2 Å². The predicted molar refractivity (Wildman–Crippen MR) is 107 cm³/mol. The number of amides is 1. The summed E-state index contributed by atoms with van der Waals surface area (Å²) < 4.78 is 20.4. The van der Waals surface area contributed by atoms with E-state index in [1.54, 1.807) is 46.1 Å². The predicted octanol–water partition coefficient (Wildman–Crippen LogP) is 3.99. The van der Waals surface area contributed by atoms with E-state index < -0.39 is 11.7 Å². The summed E-state index contributed by atoms with van der Waals surface area (Å²) in [5, 5.41) is 2.63. The van der Waals surface area contributed by atoms with Gasteiger partial charge in [0.1, 0.15) is 5.60 Å². The second kappa shape index (κ2) is 12.2. The number of nitrogens with one attached hydrogen (secondary N) is 1. The van der Waals surface area contributed by atoms with Gasteiger partial charge in [0, 0.05) is 31.7 Å². The van der Waals surface area contributed by atoms with Gasteiger partial charge in [-0.1, -0.05) is 0 Å². The van der Waals surface area contributed by atoms with Crippen LogP contribution in [0.1, 0.15) is 56.8 Å². The van der Waals surface area contributed by atoms with Crippen LogP contribution in [0.3, 0.4) is 0 Å². The molecular formula is C21H33NO6. The molecule has 1 saturated heterocycles. The second-order valence-electron chi connectivity index (χ2n) is 7.34. The van der Waals surface area contributed by atoms with E-state index in [-0.39, 0.29) is 5.78 Å². The summed E-state index contributed by atoms with van der Waals surface area (Å²) in [4.78, 5) is 23.6. The molecular weight excluding hydrogens is 362 g/mol. The molecule has 0 spiro atoms. The van der Waals surface area contributed by atoms with E-state index in [9.17, 15) is 9.59 Å². The average molecular weight is 395 g/mol. The van der Waals surface area contributed by atoms with Crippen LogP contribution in [-0.2, 0) is 9.47 Å². The Hall–Kier alpha value is -2.28. The second-order valence-corrected chi connectivity index (χ2v) is 7.34. The number of rotatable bonds is 7. The lowest BCUT2D eigenvalue weighted by Gasteiger charge is -2.19. The van der Waals surface area contributed by atoms with Gasteiger partial charge in [0.05, 0.1) is 14.2 Å². The molecule has 7 nitrogen and oxygen atoms in total. The molecule has 1 amide bonds. The third-order valence-corrected chi connectivity index (χ3v) is 3.78. The Balaban J connectivity index is 0.000000674.